The third-order valence-electron chi connectivity index (χ3n) is 3.76. The fourth-order valence-corrected chi connectivity index (χ4v) is 2.67. The molecule has 4 heteroatoms. The molecule has 0 fully saturated rings. The Labute approximate surface area is 157 Å². The van der Waals surface area contributed by atoms with Gasteiger partial charge in [-0.1, -0.05) is 22.4 Å². The van der Waals surface area contributed by atoms with Crippen molar-refractivity contribution in [1.29, 1.82) is 0 Å². The number of rotatable bonds is 2. The van der Waals surface area contributed by atoms with E-state index in [1.165, 1.54) is 44.7 Å². The van der Waals surface area contributed by atoms with E-state index in [1.807, 2.05) is 0 Å². The fraction of sp³-hybridized carbons (Fsp3) is 0.353. The molecule has 2 nitrogen and oxygen atoms in total. The summed E-state index contributed by atoms with van der Waals surface area (Å²) < 4.78 is 0. The van der Waals surface area contributed by atoms with Gasteiger partial charge >= 0.3 is 0 Å². The van der Waals surface area contributed by atoms with E-state index in [1.54, 1.807) is 0 Å². The zero-order valence-electron chi connectivity index (χ0n) is 13.4. The molecule has 0 unspecified atom stereocenters. The molecule has 0 aliphatic rings. The molecule has 0 N–H and O–H groups in total. The normalized spacial score (nSPS) is 9.43. The smallest absolute Gasteiger partial charge is 0.0898 e. The van der Waals surface area contributed by atoms with Crippen LogP contribution in [0.15, 0.2) is 5.38 Å². The largest absolute Gasteiger partial charge is 0.386 e. The third-order valence-corrected chi connectivity index (χ3v) is 4.30. The minimum atomic E-state index is 0. The zero-order chi connectivity index (χ0) is 15.3. The van der Waals surface area contributed by atoms with Crippen molar-refractivity contribution in [2.45, 2.75) is 41.0 Å². The molecule has 1 radical (unpaired) electrons. The summed E-state index contributed by atoms with van der Waals surface area (Å²) in [5.41, 5.74) is 12.1. The van der Waals surface area contributed by atoms with Crippen molar-refractivity contribution >= 4 is 17.6 Å². The first-order chi connectivity index (χ1) is 9.45. The first-order valence-electron chi connectivity index (χ1n) is 6.57. The van der Waals surface area contributed by atoms with E-state index in [-0.39, 0.29) is 32.7 Å². The van der Waals surface area contributed by atoms with Crippen LogP contribution >= 0.6 is 11.3 Å². The number of hydrogen-bond donors (Lipinski definition) is 0. The maximum absolute atomic E-state index is 9.11. The number of aldehydes is 1. The second kappa shape index (κ2) is 9.60. The minimum Gasteiger partial charge on any atom is -0.386 e. The Morgan fingerprint density at radius 1 is 1.10 bits per heavy atom. The van der Waals surface area contributed by atoms with Gasteiger partial charge in [0, 0.05) is 32.7 Å². The molecule has 0 saturated carbocycles. The van der Waals surface area contributed by atoms with Gasteiger partial charge < -0.3 is 16.7 Å². The molecule has 21 heavy (non-hydrogen) atoms. The number of aromatic nitrogens is 1. The molecule has 0 saturated heterocycles. The maximum atomic E-state index is 9.11. The Morgan fingerprint density at radius 2 is 1.52 bits per heavy atom. The van der Waals surface area contributed by atoms with Gasteiger partial charge in [-0.25, -0.2) is 0 Å². The molecule has 1 aromatic heterocycles. The second-order valence-electron chi connectivity index (χ2n) is 4.78. The standard InChI is InChI=1S/C14H16NS.C3H5O.Y/c1-8-9(2)11(4)14(12(5)10(8)3)13-6-16-7-15-13;1-2-3-4;/h6H,1-5H3;3H,1-2H2;/q2*-1;. The molecule has 111 valence electrons. The van der Waals surface area contributed by atoms with E-state index in [0.29, 0.717) is 6.42 Å². The van der Waals surface area contributed by atoms with E-state index in [9.17, 15) is 0 Å². The van der Waals surface area contributed by atoms with Gasteiger partial charge in [-0.3, -0.25) is 11.3 Å². The number of carbonyl (C=O) groups is 1. The van der Waals surface area contributed by atoms with Gasteiger partial charge in [-0.2, -0.15) is 0 Å². The molecule has 2 aromatic rings. The third kappa shape index (κ3) is 4.80. The Hall–Kier alpha value is -0.376. The van der Waals surface area contributed by atoms with Gasteiger partial charge in [-0.05, 0) is 56.8 Å². The molecule has 0 bridgehead atoms. The molecule has 1 heterocycles. The summed E-state index contributed by atoms with van der Waals surface area (Å²) in [4.78, 5) is 13.4. The van der Waals surface area contributed by atoms with E-state index in [2.05, 4.69) is 57.4 Å². The van der Waals surface area contributed by atoms with E-state index >= 15 is 0 Å². The average molecular weight is 376 g/mol. The average Bonchev–Trinajstić information content (AvgIpc) is 2.97. The van der Waals surface area contributed by atoms with Crippen LogP contribution in [0.4, 0.5) is 0 Å². The molecule has 0 amide bonds. The monoisotopic (exact) mass is 376 g/mol. The Bertz CT molecular complexity index is 562. The van der Waals surface area contributed by atoms with E-state index in [0.717, 1.165) is 12.0 Å². The van der Waals surface area contributed by atoms with Gasteiger partial charge in [0.25, 0.3) is 0 Å². The summed E-state index contributed by atoms with van der Waals surface area (Å²) in [7, 11) is 0. The van der Waals surface area contributed by atoms with Crippen molar-refractivity contribution < 1.29 is 37.5 Å². The molecule has 0 atom stereocenters. The number of hydrogen-bond acceptors (Lipinski definition) is 3. The van der Waals surface area contributed by atoms with Gasteiger partial charge in [0.1, 0.15) is 0 Å². The van der Waals surface area contributed by atoms with Crippen LogP contribution in [0, 0.1) is 47.1 Å². The van der Waals surface area contributed by atoms with Crippen LogP contribution in [0.1, 0.15) is 34.2 Å². The van der Waals surface area contributed by atoms with E-state index in [4.69, 9.17) is 4.79 Å². The summed E-state index contributed by atoms with van der Waals surface area (Å²) in [5, 5.41) is 2.07. The van der Waals surface area contributed by atoms with Crippen LogP contribution < -0.4 is 0 Å². The Kier molecular flexibility index (Phi) is 9.43. The van der Waals surface area contributed by atoms with Crippen molar-refractivity contribution in [3.8, 4) is 11.3 Å². The van der Waals surface area contributed by atoms with Gasteiger partial charge in [0.2, 0.25) is 0 Å². The summed E-state index contributed by atoms with van der Waals surface area (Å²) in [6.45, 7) is 14.2. The molecule has 2 rings (SSSR count). The first kappa shape index (κ1) is 20.6. The van der Waals surface area contributed by atoms with Crippen LogP contribution in [0.5, 0.6) is 0 Å². The Morgan fingerprint density at radius 3 is 1.86 bits per heavy atom. The zero-order valence-corrected chi connectivity index (χ0v) is 17.1. The van der Waals surface area contributed by atoms with Crippen LogP contribution in [0.2, 0.25) is 0 Å². The van der Waals surface area contributed by atoms with Gasteiger partial charge in [0.15, 0.2) is 0 Å². The van der Waals surface area contributed by atoms with Crippen molar-refractivity contribution in [1.82, 2.24) is 4.98 Å². The summed E-state index contributed by atoms with van der Waals surface area (Å²) in [6.07, 6.45) is 1.15. The van der Waals surface area contributed by atoms with Crippen molar-refractivity contribution in [2.24, 2.45) is 0 Å². The summed E-state index contributed by atoms with van der Waals surface area (Å²) in [6, 6.07) is 0. The SMILES string of the molecule is Cc1c(C)c(C)c(-c2cs[c-]n2)c(C)c1C.[CH2-]CC=O.[Y]. The second-order valence-corrected chi connectivity index (χ2v) is 5.43. The topological polar surface area (TPSA) is 30.0 Å². The number of carbonyl (C=O) groups excluding carboxylic acids is 1. The first-order valence-corrected chi connectivity index (χ1v) is 7.45. The van der Waals surface area contributed by atoms with Crippen molar-refractivity contribution in [2.75, 3.05) is 0 Å². The van der Waals surface area contributed by atoms with Crippen LogP contribution in [0.3, 0.4) is 0 Å². The fourth-order valence-electron chi connectivity index (χ4n) is 2.18. The molecule has 0 aliphatic carbocycles. The minimum absolute atomic E-state index is 0. The molecular formula is C17H21NOSY-2. The maximum Gasteiger partial charge on any atom is 0.0898 e. The van der Waals surface area contributed by atoms with Gasteiger partial charge in [0.05, 0.1) is 6.29 Å². The van der Waals surface area contributed by atoms with Crippen molar-refractivity contribution in [3.63, 3.8) is 0 Å². The molecule has 1 aromatic carbocycles. The predicted octanol–water partition coefficient (Wildman–Crippen LogP) is 4.56. The number of benzene rings is 1. The Balaban J connectivity index is 0.000000715. The summed E-state index contributed by atoms with van der Waals surface area (Å²) in [5.74, 6) is 0. The van der Waals surface area contributed by atoms with Gasteiger partial charge in [-0.15, -0.1) is 11.8 Å². The quantitative estimate of drug-likeness (QED) is 0.568. The van der Waals surface area contributed by atoms with Crippen molar-refractivity contribution in [3.05, 3.63) is 45.6 Å². The number of nitrogens with zero attached hydrogens (tertiary/aromatic N) is 1. The van der Waals surface area contributed by atoms with Crippen LogP contribution in [-0.4, -0.2) is 11.3 Å². The predicted molar refractivity (Wildman–Crippen MR) is 86.1 cm³/mol. The van der Waals surface area contributed by atoms with E-state index < -0.39 is 0 Å². The van der Waals surface area contributed by atoms with Crippen LogP contribution in [-0.2, 0) is 37.5 Å². The van der Waals surface area contributed by atoms with Crippen LogP contribution in [0.25, 0.3) is 11.3 Å². The summed E-state index contributed by atoms with van der Waals surface area (Å²) >= 11 is 1.53. The molecule has 0 spiro atoms. The molecule has 0 aliphatic heterocycles. The molecular weight excluding hydrogens is 355 g/mol. The number of thiazole rings is 1.